The average Bonchev–Trinajstić information content (AvgIpc) is 2.74. The molecular formula is C23H17NO4. The van der Waals surface area contributed by atoms with Gasteiger partial charge in [0.1, 0.15) is 17.1 Å². The van der Waals surface area contributed by atoms with Crippen molar-refractivity contribution in [2.45, 2.75) is 0 Å². The number of amides is 1. The number of ether oxygens (including phenoxy) is 1. The Balaban J connectivity index is 1.69. The molecule has 0 unspecified atom stereocenters. The zero-order valence-electron chi connectivity index (χ0n) is 15.1. The SMILES string of the molecule is COc1ccc(-c2cc(=O)c3ccc(NC(=O)c4ccccc4)cc3o2)cc1. The molecule has 5 heteroatoms. The van der Waals surface area contributed by atoms with Crippen LogP contribution in [0.5, 0.6) is 5.75 Å². The van der Waals surface area contributed by atoms with Crippen molar-refractivity contribution in [3.05, 3.63) is 94.6 Å². The van der Waals surface area contributed by atoms with Gasteiger partial charge in [0.2, 0.25) is 0 Å². The van der Waals surface area contributed by atoms with Crippen molar-refractivity contribution < 1.29 is 13.9 Å². The van der Waals surface area contributed by atoms with Gasteiger partial charge in [-0.1, -0.05) is 18.2 Å². The molecule has 1 aromatic heterocycles. The smallest absolute Gasteiger partial charge is 0.255 e. The van der Waals surface area contributed by atoms with Gasteiger partial charge in [-0.15, -0.1) is 0 Å². The predicted octanol–water partition coefficient (Wildman–Crippen LogP) is 4.72. The van der Waals surface area contributed by atoms with Gasteiger partial charge in [0.15, 0.2) is 5.43 Å². The van der Waals surface area contributed by atoms with Crippen molar-refractivity contribution >= 4 is 22.6 Å². The Morgan fingerprint density at radius 3 is 2.39 bits per heavy atom. The van der Waals surface area contributed by atoms with E-state index >= 15 is 0 Å². The first-order chi connectivity index (χ1) is 13.6. The molecule has 138 valence electrons. The lowest BCUT2D eigenvalue weighted by atomic mass is 10.1. The Bertz CT molecular complexity index is 1190. The molecular weight excluding hydrogens is 354 g/mol. The third kappa shape index (κ3) is 3.50. The van der Waals surface area contributed by atoms with Crippen molar-refractivity contribution in [3.63, 3.8) is 0 Å². The Kier molecular flexibility index (Phi) is 4.64. The summed E-state index contributed by atoms with van der Waals surface area (Å²) in [5, 5.41) is 3.28. The molecule has 1 N–H and O–H groups in total. The van der Waals surface area contributed by atoms with Crippen molar-refractivity contribution in [1.29, 1.82) is 0 Å². The number of anilines is 1. The molecule has 0 aliphatic rings. The zero-order chi connectivity index (χ0) is 19.5. The van der Waals surface area contributed by atoms with E-state index in [0.717, 1.165) is 11.3 Å². The molecule has 28 heavy (non-hydrogen) atoms. The lowest BCUT2D eigenvalue weighted by molar-refractivity contribution is 0.102. The van der Waals surface area contributed by atoms with E-state index in [9.17, 15) is 9.59 Å². The quantitative estimate of drug-likeness (QED) is 0.563. The van der Waals surface area contributed by atoms with E-state index < -0.39 is 0 Å². The molecule has 0 fully saturated rings. The number of methoxy groups -OCH3 is 1. The number of fused-ring (bicyclic) bond motifs is 1. The number of carbonyl (C=O) groups excluding carboxylic acids is 1. The molecule has 0 bridgehead atoms. The Morgan fingerprint density at radius 1 is 0.929 bits per heavy atom. The maximum atomic E-state index is 12.5. The molecule has 0 radical (unpaired) electrons. The molecule has 0 saturated heterocycles. The third-order valence-corrected chi connectivity index (χ3v) is 4.40. The Labute approximate surface area is 161 Å². The summed E-state index contributed by atoms with van der Waals surface area (Å²) < 4.78 is 11.1. The highest BCUT2D eigenvalue weighted by atomic mass is 16.5. The zero-order valence-corrected chi connectivity index (χ0v) is 15.1. The van der Waals surface area contributed by atoms with Crippen molar-refractivity contribution in [1.82, 2.24) is 0 Å². The van der Waals surface area contributed by atoms with Gasteiger partial charge in [-0.3, -0.25) is 9.59 Å². The highest BCUT2D eigenvalue weighted by molar-refractivity contribution is 6.04. The molecule has 5 nitrogen and oxygen atoms in total. The summed E-state index contributed by atoms with van der Waals surface area (Å²) >= 11 is 0. The first kappa shape index (κ1) is 17.5. The second kappa shape index (κ2) is 7.40. The van der Waals surface area contributed by atoms with Crippen LogP contribution in [-0.2, 0) is 0 Å². The van der Waals surface area contributed by atoms with Crippen LogP contribution in [0.3, 0.4) is 0 Å². The topological polar surface area (TPSA) is 68.5 Å². The lowest BCUT2D eigenvalue weighted by Crippen LogP contribution is -2.11. The van der Waals surface area contributed by atoms with E-state index in [1.54, 1.807) is 61.7 Å². The van der Waals surface area contributed by atoms with Crippen LogP contribution in [0.2, 0.25) is 0 Å². The highest BCUT2D eigenvalue weighted by Crippen LogP contribution is 2.26. The van der Waals surface area contributed by atoms with Crippen molar-refractivity contribution in [2.24, 2.45) is 0 Å². The molecule has 1 amide bonds. The van der Waals surface area contributed by atoms with Crippen LogP contribution in [-0.4, -0.2) is 13.0 Å². The van der Waals surface area contributed by atoms with Crippen LogP contribution in [0.4, 0.5) is 5.69 Å². The minimum atomic E-state index is -0.228. The van der Waals surface area contributed by atoms with E-state index in [0.29, 0.717) is 28.0 Å². The number of rotatable bonds is 4. The van der Waals surface area contributed by atoms with Crippen LogP contribution < -0.4 is 15.5 Å². The maximum Gasteiger partial charge on any atom is 0.255 e. The Morgan fingerprint density at radius 2 is 1.68 bits per heavy atom. The highest BCUT2D eigenvalue weighted by Gasteiger charge is 2.10. The van der Waals surface area contributed by atoms with E-state index in [2.05, 4.69) is 5.32 Å². The number of carbonyl (C=O) groups is 1. The van der Waals surface area contributed by atoms with Gasteiger partial charge >= 0.3 is 0 Å². The summed E-state index contributed by atoms with van der Waals surface area (Å²) in [5.41, 5.74) is 2.13. The number of benzene rings is 3. The lowest BCUT2D eigenvalue weighted by Gasteiger charge is -2.08. The fourth-order valence-corrected chi connectivity index (χ4v) is 2.92. The molecule has 1 heterocycles. The van der Waals surface area contributed by atoms with Crippen molar-refractivity contribution in [2.75, 3.05) is 12.4 Å². The van der Waals surface area contributed by atoms with E-state index in [4.69, 9.17) is 9.15 Å². The number of nitrogens with one attached hydrogen (secondary N) is 1. The van der Waals surface area contributed by atoms with Crippen LogP contribution >= 0.6 is 0 Å². The first-order valence-corrected chi connectivity index (χ1v) is 8.73. The summed E-state index contributed by atoms with van der Waals surface area (Å²) in [6.07, 6.45) is 0. The minimum absolute atomic E-state index is 0.145. The molecule has 0 aliphatic heterocycles. The standard InChI is InChI=1S/C23H17NO4/c1-27-18-10-7-15(8-11-18)21-14-20(25)19-12-9-17(13-22(19)28-21)24-23(26)16-5-3-2-4-6-16/h2-14H,1H3,(H,24,26). The summed E-state index contributed by atoms with van der Waals surface area (Å²) in [7, 11) is 1.59. The summed E-state index contributed by atoms with van der Waals surface area (Å²) in [5.74, 6) is 0.943. The molecule has 4 rings (SSSR count). The summed E-state index contributed by atoms with van der Waals surface area (Å²) in [6.45, 7) is 0. The molecule has 0 spiro atoms. The second-order valence-corrected chi connectivity index (χ2v) is 6.23. The first-order valence-electron chi connectivity index (χ1n) is 8.73. The average molecular weight is 371 g/mol. The van der Waals surface area contributed by atoms with Gasteiger partial charge in [0.25, 0.3) is 5.91 Å². The maximum absolute atomic E-state index is 12.5. The van der Waals surface area contributed by atoms with Gasteiger partial charge < -0.3 is 14.5 Å². The fraction of sp³-hybridized carbons (Fsp3) is 0.0435. The van der Waals surface area contributed by atoms with E-state index in [1.807, 2.05) is 18.2 Å². The van der Waals surface area contributed by atoms with Gasteiger partial charge in [0, 0.05) is 28.9 Å². The fourth-order valence-electron chi connectivity index (χ4n) is 2.92. The van der Waals surface area contributed by atoms with Crippen LogP contribution in [0.1, 0.15) is 10.4 Å². The van der Waals surface area contributed by atoms with Crippen LogP contribution in [0.25, 0.3) is 22.3 Å². The van der Waals surface area contributed by atoms with Gasteiger partial charge in [0.05, 0.1) is 12.5 Å². The molecule has 0 atom stereocenters. The van der Waals surface area contributed by atoms with E-state index in [-0.39, 0.29) is 11.3 Å². The monoisotopic (exact) mass is 371 g/mol. The third-order valence-electron chi connectivity index (χ3n) is 4.40. The molecule has 3 aromatic carbocycles. The summed E-state index contributed by atoms with van der Waals surface area (Å²) in [6, 6.07) is 22.6. The van der Waals surface area contributed by atoms with Gasteiger partial charge in [-0.05, 0) is 48.5 Å². The normalized spacial score (nSPS) is 10.6. The predicted molar refractivity (Wildman–Crippen MR) is 109 cm³/mol. The van der Waals surface area contributed by atoms with Gasteiger partial charge in [-0.25, -0.2) is 0 Å². The molecule has 0 aliphatic carbocycles. The van der Waals surface area contributed by atoms with E-state index in [1.165, 1.54) is 6.07 Å². The van der Waals surface area contributed by atoms with Crippen LogP contribution in [0, 0.1) is 0 Å². The number of hydrogen-bond donors (Lipinski definition) is 1. The minimum Gasteiger partial charge on any atom is -0.497 e. The summed E-state index contributed by atoms with van der Waals surface area (Å²) in [4.78, 5) is 24.8. The molecule has 0 saturated carbocycles. The number of hydrogen-bond acceptors (Lipinski definition) is 4. The van der Waals surface area contributed by atoms with Crippen molar-refractivity contribution in [3.8, 4) is 17.1 Å². The van der Waals surface area contributed by atoms with Gasteiger partial charge in [-0.2, -0.15) is 0 Å². The second-order valence-electron chi connectivity index (χ2n) is 6.23. The largest absolute Gasteiger partial charge is 0.497 e. The molecule has 4 aromatic rings. The Hall–Kier alpha value is -3.86. The van der Waals surface area contributed by atoms with Crippen LogP contribution in [0.15, 0.2) is 88.1 Å².